The highest BCUT2D eigenvalue weighted by molar-refractivity contribution is 5.86. The van der Waals surface area contributed by atoms with Gasteiger partial charge in [0.2, 0.25) is 0 Å². The zero-order valence-corrected chi connectivity index (χ0v) is 10.4. The van der Waals surface area contributed by atoms with Crippen molar-refractivity contribution in [3.8, 4) is 0 Å². The molecule has 1 heterocycles. The quantitative estimate of drug-likeness (QED) is 0.679. The Bertz CT molecular complexity index is 550. The van der Waals surface area contributed by atoms with Crippen LogP contribution in [0.3, 0.4) is 0 Å². The zero-order chi connectivity index (χ0) is 11.3. The Balaban J connectivity index is 2.38. The van der Waals surface area contributed by atoms with Gasteiger partial charge in [0.15, 0.2) is 0 Å². The number of para-hydroxylation sites is 1. The minimum Gasteiger partial charge on any atom is -0.347 e. The molecule has 0 bridgehead atoms. The van der Waals surface area contributed by atoms with Crippen molar-refractivity contribution in [2.75, 3.05) is 0 Å². The number of fused-ring (bicyclic) bond motifs is 3. The van der Waals surface area contributed by atoms with Gasteiger partial charge in [-0.3, -0.25) is 0 Å². The number of hydrogen-bond donors (Lipinski definition) is 0. The van der Waals surface area contributed by atoms with Gasteiger partial charge >= 0.3 is 0 Å². The van der Waals surface area contributed by atoms with Crippen molar-refractivity contribution in [2.45, 2.75) is 38.5 Å². The van der Waals surface area contributed by atoms with Gasteiger partial charge in [-0.05, 0) is 30.9 Å². The fourth-order valence-corrected chi connectivity index (χ4v) is 3.36. The molecule has 2 aromatic rings. The van der Waals surface area contributed by atoms with Crippen LogP contribution in [0.25, 0.3) is 10.9 Å². The molecule has 1 aliphatic carbocycles. The van der Waals surface area contributed by atoms with Gasteiger partial charge in [-0.25, -0.2) is 0 Å². The first-order chi connectivity index (χ1) is 7.67. The highest BCUT2D eigenvalue weighted by Crippen LogP contribution is 2.45. The Hall–Kier alpha value is -1.24. The van der Waals surface area contributed by atoms with E-state index in [0.717, 1.165) is 0 Å². The van der Waals surface area contributed by atoms with Gasteiger partial charge < -0.3 is 4.57 Å². The van der Waals surface area contributed by atoms with Crippen molar-refractivity contribution in [2.24, 2.45) is 7.05 Å². The second-order valence-corrected chi connectivity index (χ2v) is 5.32. The van der Waals surface area contributed by atoms with Gasteiger partial charge in [0, 0.05) is 29.1 Å². The zero-order valence-electron chi connectivity index (χ0n) is 10.4. The molecule has 0 spiro atoms. The Morgan fingerprint density at radius 3 is 2.81 bits per heavy atom. The van der Waals surface area contributed by atoms with E-state index < -0.39 is 0 Å². The molecule has 0 radical (unpaired) electrons. The number of benzene rings is 1. The largest absolute Gasteiger partial charge is 0.347 e. The number of hydrogen-bond acceptors (Lipinski definition) is 0. The van der Waals surface area contributed by atoms with Crippen molar-refractivity contribution < 1.29 is 0 Å². The van der Waals surface area contributed by atoms with Crippen LogP contribution in [0, 0.1) is 0 Å². The average Bonchev–Trinajstić information content (AvgIpc) is 2.80. The minimum absolute atomic E-state index is 0.392. The molecule has 0 saturated carbocycles. The van der Waals surface area contributed by atoms with E-state index in [9.17, 15) is 0 Å². The van der Waals surface area contributed by atoms with Crippen LogP contribution in [-0.4, -0.2) is 4.57 Å². The third-order valence-corrected chi connectivity index (χ3v) is 4.49. The predicted octanol–water partition coefficient (Wildman–Crippen LogP) is 3.79. The van der Waals surface area contributed by atoms with E-state index in [0.29, 0.717) is 5.41 Å². The van der Waals surface area contributed by atoms with Crippen LogP contribution >= 0.6 is 0 Å². The summed E-state index contributed by atoms with van der Waals surface area (Å²) in [6, 6.07) is 8.81. The summed E-state index contributed by atoms with van der Waals surface area (Å²) in [6.07, 6.45) is 3.80. The molecule has 0 fully saturated rings. The molecule has 1 aromatic carbocycles. The molecule has 16 heavy (non-hydrogen) atoms. The molecule has 1 nitrogen and oxygen atoms in total. The first-order valence-corrected chi connectivity index (χ1v) is 6.24. The molecule has 0 N–H and O–H groups in total. The molecule has 1 atom stereocenters. The summed E-state index contributed by atoms with van der Waals surface area (Å²) >= 11 is 0. The summed E-state index contributed by atoms with van der Waals surface area (Å²) in [4.78, 5) is 0. The standard InChI is InChI=1S/C15H19N/c1-4-15(2)10-9-12-11-7-5-6-8-13(11)16(3)14(12)15/h5-8H,4,9-10H2,1-3H3. The van der Waals surface area contributed by atoms with Crippen LogP contribution in [0.1, 0.15) is 37.9 Å². The molecule has 3 rings (SSSR count). The number of nitrogens with zero attached hydrogens (tertiary/aromatic N) is 1. The maximum atomic E-state index is 2.42. The van der Waals surface area contributed by atoms with E-state index in [1.165, 1.54) is 30.2 Å². The molecule has 1 aromatic heterocycles. The Kier molecular flexibility index (Phi) is 1.95. The van der Waals surface area contributed by atoms with E-state index in [2.05, 4.69) is 49.7 Å². The molecule has 0 saturated heterocycles. The van der Waals surface area contributed by atoms with Crippen LogP contribution in [0.2, 0.25) is 0 Å². The molecule has 1 aliphatic rings. The highest BCUT2D eigenvalue weighted by atomic mass is 15.0. The first kappa shape index (κ1) is 9.95. The number of rotatable bonds is 1. The summed E-state index contributed by atoms with van der Waals surface area (Å²) in [6.45, 7) is 4.73. The minimum atomic E-state index is 0.392. The maximum absolute atomic E-state index is 2.42. The van der Waals surface area contributed by atoms with Gasteiger partial charge in [-0.15, -0.1) is 0 Å². The molecule has 0 aliphatic heterocycles. The lowest BCUT2D eigenvalue weighted by Gasteiger charge is -2.24. The lowest BCUT2D eigenvalue weighted by Crippen LogP contribution is -2.20. The SMILES string of the molecule is CCC1(C)CCc2c1n(C)c1ccccc21. The van der Waals surface area contributed by atoms with Crippen molar-refractivity contribution in [1.82, 2.24) is 4.57 Å². The second kappa shape index (κ2) is 3.13. The maximum Gasteiger partial charge on any atom is 0.0482 e. The van der Waals surface area contributed by atoms with Crippen LogP contribution in [0.15, 0.2) is 24.3 Å². The summed E-state index contributed by atoms with van der Waals surface area (Å²) < 4.78 is 2.42. The van der Waals surface area contributed by atoms with E-state index in [1.807, 2.05) is 0 Å². The molecule has 1 heteroatoms. The predicted molar refractivity (Wildman–Crippen MR) is 68.9 cm³/mol. The normalized spacial score (nSPS) is 23.9. The average molecular weight is 213 g/mol. The van der Waals surface area contributed by atoms with Crippen LogP contribution in [-0.2, 0) is 18.9 Å². The Morgan fingerprint density at radius 2 is 2.06 bits per heavy atom. The Morgan fingerprint density at radius 1 is 1.31 bits per heavy atom. The van der Waals surface area contributed by atoms with Gasteiger partial charge in [-0.1, -0.05) is 32.0 Å². The van der Waals surface area contributed by atoms with Crippen LogP contribution in [0.4, 0.5) is 0 Å². The third kappa shape index (κ3) is 1.06. The van der Waals surface area contributed by atoms with Crippen molar-refractivity contribution in [3.63, 3.8) is 0 Å². The van der Waals surface area contributed by atoms with E-state index in [-0.39, 0.29) is 0 Å². The molecular formula is C15H19N. The molecular weight excluding hydrogens is 194 g/mol. The fourth-order valence-electron chi connectivity index (χ4n) is 3.36. The molecule has 84 valence electrons. The lowest BCUT2D eigenvalue weighted by molar-refractivity contribution is 0.431. The summed E-state index contributed by atoms with van der Waals surface area (Å²) in [7, 11) is 2.22. The van der Waals surface area contributed by atoms with Crippen LogP contribution in [0.5, 0.6) is 0 Å². The van der Waals surface area contributed by atoms with Gasteiger partial charge in [0.25, 0.3) is 0 Å². The number of aryl methyl sites for hydroxylation is 2. The lowest BCUT2D eigenvalue weighted by atomic mass is 9.85. The summed E-state index contributed by atoms with van der Waals surface area (Å²) in [5.74, 6) is 0. The number of aromatic nitrogens is 1. The van der Waals surface area contributed by atoms with E-state index in [4.69, 9.17) is 0 Å². The smallest absolute Gasteiger partial charge is 0.0482 e. The third-order valence-electron chi connectivity index (χ3n) is 4.49. The van der Waals surface area contributed by atoms with E-state index in [1.54, 1.807) is 11.3 Å². The molecule has 0 amide bonds. The summed E-state index contributed by atoms with van der Waals surface area (Å²) in [5.41, 5.74) is 4.97. The van der Waals surface area contributed by atoms with Crippen molar-refractivity contribution in [3.05, 3.63) is 35.5 Å². The summed E-state index contributed by atoms with van der Waals surface area (Å²) in [5, 5.41) is 1.47. The highest BCUT2D eigenvalue weighted by Gasteiger charge is 2.36. The van der Waals surface area contributed by atoms with Gasteiger partial charge in [-0.2, -0.15) is 0 Å². The monoisotopic (exact) mass is 213 g/mol. The van der Waals surface area contributed by atoms with E-state index >= 15 is 0 Å². The van der Waals surface area contributed by atoms with Crippen molar-refractivity contribution >= 4 is 10.9 Å². The Labute approximate surface area is 97.1 Å². The topological polar surface area (TPSA) is 4.93 Å². The fraction of sp³-hybridized carbons (Fsp3) is 0.467. The van der Waals surface area contributed by atoms with Gasteiger partial charge in [0.1, 0.15) is 0 Å². The van der Waals surface area contributed by atoms with Crippen LogP contribution < -0.4 is 0 Å². The second-order valence-electron chi connectivity index (χ2n) is 5.32. The first-order valence-electron chi connectivity index (χ1n) is 6.24. The van der Waals surface area contributed by atoms with Gasteiger partial charge in [0.05, 0.1) is 0 Å². The molecule has 1 unspecified atom stereocenters. The van der Waals surface area contributed by atoms with Crippen molar-refractivity contribution in [1.29, 1.82) is 0 Å².